The highest BCUT2D eigenvalue weighted by Crippen LogP contribution is 2.20. The minimum Gasteiger partial charge on any atom is -0.287 e. The first-order valence-electron chi connectivity index (χ1n) is 5.31. The molecule has 78 valence electrons. The van der Waals surface area contributed by atoms with E-state index < -0.39 is 0 Å². The van der Waals surface area contributed by atoms with Gasteiger partial charge in [0.1, 0.15) is 11.5 Å². The van der Waals surface area contributed by atoms with Crippen molar-refractivity contribution >= 4 is 5.78 Å². The van der Waals surface area contributed by atoms with Gasteiger partial charge in [0.25, 0.3) is 0 Å². The summed E-state index contributed by atoms with van der Waals surface area (Å²) in [7, 11) is 0. The number of carbonyl (C=O) groups excluding carboxylic acids is 1. The second kappa shape index (κ2) is 4.34. The third kappa shape index (κ3) is 2.29. The van der Waals surface area contributed by atoms with Crippen LogP contribution in [0, 0.1) is 6.92 Å². The van der Waals surface area contributed by atoms with Gasteiger partial charge in [0, 0.05) is 6.20 Å². The molecule has 1 heterocycles. The zero-order valence-electron chi connectivity index (χ0n) is 8.86. The van der Waals surface area contributed by atoms with Crippen LogP contribution in [0.15, 0.2) is 23.9 Å². The number of nitrogens with zero attached hydrogens (tertiary/aromatic N) is 2. The van der Waals surface area contributed by atoms with Gasteiger partial charge in [-0.15, -0.1) is 0 Å². The highest BCUT2D eigenvalue weighted by Gasteiger charge is 2.15. The summed E-state index contributed by atoms with van der Waals surface area (Å²) >= 11 is 0. The third-order valence-corrected chi connectivity index (χ3v) is 2.59. The standard InChI is InChI=1S/C12H14N2O/c1-9-13-8-7-11(14-9)12(15)10-5-3-2-4-6-10/h5,7-8H,2-4,6H2,1H3. The molecule has 3 heteroatoms. The minimum absolute atomic E-state index is 0.0696. The predicted octanol–water partition coefficient (Wildman–Crippen LogP) is 2.47. The van der Waals surface area contributed by atoms with E-state index in [2.05, 4.69) is 9.97 Å². The summed E-state index contributed by atoms with van der Waals surface area (Å²) in [4.78, 5) is 20.1. The van der Waals surface area contributed by atoms with Gasteiger partial charge in [-0.3, -0.25) is 4.79 Å². The van der Waals surface area contributed by atoms with Crippen LogP contribution < -0.4 is 0 Å². The highest BCUT2D eigenvalue weighted by molar-refractivity contribution is 6.07. The van der Waals surface area contributed by atoms with Crippen molar-refractivity contribution in [3.8, 4) is 0 Å². The Morgan fingerprint density at radius 2 is 2.27 bits per heavy atom. The molecule has 0 radical (unpaired) electrons. The molecule has 1 aromatic rings. The first kappa shape index (κ1) is 10.0. The molecule has 0 saturated carbocycles. The van der Waals surface area contributed by atoms with Crippen LogP contribution >= 0.6 is 0 Å². The lowest BCUT2D eigenvalue weighted by molar-refractivity contribution is 0.102. The molecule has 0 aromatic carbocycles. The summed E-state index contributed by atoms with van der Waals surface area (Å²) in [5.41, 5.74) is 1.44. The maximum atomic E-state index is 12.0. The van der Waals surface area contributed by atoms with Gasteiger partial charge in [-0.1, -0.05) is 6.08 Å². The average molecular weight is 202 g/mol. The molecule has 0 N–H and O–H groups in total. The number of ketones is 1. The topological polar surface area (TPSA) is 42.9 Å². The maximum absolute atomic E-state index is 12.0. The van der Waals surface area contributed by atoms with Crippen molar-refractivity contribution in [3.05, 3.63) is 35.4 Å². The Morgan fingerprint density at radius 3 is 2.93 bits per heavy atom. The van der Waals surface area contributed by atoms with Gasteiger partial charge in [-0.25, -0.2) is 9.97 Å². The molecule has 2 rings (SSSR count). The second-order valence-corrected chi connectivity index (χ2v) is 3.79. The monoisotopic (exact) mass is 202 g/mol. The van der Waals surface area contributed by atoms with Crippen LogP contribution in [-0.4, -0.2) is 15.8 Å². The Balaban J connectivity index is 2.24. The van der Waals surface area contributed by atoms with Crippen molar-refractivity contribution in [1.29, 1.82) is 0 Å². The molecule has 0 aliphatic heterocycles. The van der Waals surface area contributed by atoms with E-state index in [4.69, 9.17) is 0 Å². The van der Waals surface area contributed by atoms with Crippen molar-refractivity contribution in [1.82, 2.24) is 9.97 Å². The Morgan fingerprint density at radius 1 is 1.40 bits per heavy atom. The van der Waals surface area contributed by atoms with Crippen LogP contribution in [0.1, 0.15) is 42.0 Å². The van der Waals surface area contributed by atoms with Gasteiger partial charge < -0.3 is 0 Å². The molecule has 0 bridgehead atoms. The second-order valence-electron chi connectivity index (χ2n) is 3.79. The van der Waals surface area contributed by atoms with E-state index in [0.717, 1.165) is 24.8 Å². The number of allylic oxidation sites excluding steroid dienone is 2. The molecular formula is C12H14N2O. The molecule has 0 saturated heterocycles. The largest absolute Gasteiger partial charge is 0.287 e. The summed E-state index contributed by atoms with van der Waals surface area (Å²) in [6.07, 6.45) is 7.90. The van der Waals surface area contributed by atoms with Crippen LogP contribution in [0.5, 0.6) is 0 Å². The number of Topliss-reactive ketones (excluding diaryl/α,β-unsaturated/α-hetero) is 1. The number of aromatic nitrogens is 2. The molecule has 1 aromatic heterocycles. The fraction of sp³-hybridized carbons (Fsp3) is 0.417. The van der Waals surface area contributed by atoms with Crippen LogP contribution in [0.2, 0.25) is 0 Å². The van der Waals surface area contributed by atoms with E-state index in [1.807, 2.05) is 6.08 Å². The first-order valence-corrected chi connectivity index (χ1v) is 5.31. The molecular weight excluding hydrogens is 188 g/mol. The Labute approximate surface area is 89.3 Å². The molecule has 0 atom stereocenters. The molecule has 3 nitrogen and oxygen atoms in total. The molecule has 0 fully saturated rings. The Bertz CT molecular complexity index is 410. The molecule has 15 heavy (non-hydrogen) atoms. The number of rotatable bonds is 2. The lowest BCUT2D eigenvalue weighted by Crippen LogP contribution is -2.09. The third-order valence-electron chi connectivity index (χ3n) is 2.59. The van der Waals surface area contributed by atoms with Crippen molar-refractivity contribution in [2.24, 2.45) is 0 Å². The summed E-state index contributed by atoms with van der Waals surface area (Å²) in [5.74, 6) is 0.720. The molecule has 0 amide bonds. The SMILES string of the molecule is Cc1nccc(C(=O)C2=CCCCC2)n1. The van der Waals surface area contributed by atoms with E-state index >= 15 is 0 Å². The van der Waals surface area contributed by atoms with Crippen LogP contribution in [0.3, 0.4) is 0 Å². The zero-order chi connectivity index (χ0) is 10.7. The van der Waals surface area contributed by atoms with Crippen LogP contribution in [-0.2, 0) is 0 Å². The molecule has 0 unspecified atom stereocenters. The van der Waals surface area contributed by atoms with Crippen LogP contribution in [0.4, 0.5) is 0 Å². The van der Waals surface area contributed by atoms with Crippen molar-refractivity contribution in [3.63, 3.8) is 0 Å². The summed E-state index contributed by atoms with van der Waals surface area (Å²) in [5, 5.41) is 0. The summed E-state index contributed by atoms with van der Waals surface area (Å²) < 4.78 is 0. The van der Waals surface area contributed by atoms with E-state index in [-0.39, 0.29) is 5.78 Å². The van der Waals surface area contributed by atoms with Crippen molar-refractivity contribution in [2.75, 3.05) is 0 Å². The van der Waals surface area contributed by atoms with Crippen LogP contribution in [0.25, 0.3) is 0 Å². The van der Waals surface area contributed by atoms with E-state index in [9.17, 15) is 4.79 Å². The number of hydrogen-bond donors (Lipinski definition) is 0. The Kier molecular flexibility index (Phi) is 2.90. The lowest BCUT2D eigenvalue weighted by atomic mass is 9.95. The zero-order valence-corrected chi connectivity index (χ0v) is 8.86. The van der Waals surface area contributed by atoms with E-state index in [1.54, 1.807) is 19.2 Å². The lowest BCUT2D eigenvalue weighted by Gasteiger charge is -2.10. The molecule has 1 aliphatic carbocycles. The Hall–Kier alpha value is -1.51. The molecule has 1 aliphatic rings. The van der Waals surface area contributed by atoms with Gasteiger partial charge >= 0.3 is 0 Å². The van der Waals surface area contributed by atoms with Gasteiger partial charge in [-0.2, -0.15) is 0 Å². The van der Waals surface area contributed by atoms with Gasteiger partial charge in [0.2, 0.25) is 5.78 Å². The highest BCUT2D eigenvalue weighted by atomic mass is 16.1. The van der Waals surface area contributed by atoms with Gasteiger partial charge in [0.05, 0.1) is 0 Å². The average Bonchev–Trinajstić information content (AvgIpc) is 2.29. The number of hydrogen-bond acceptors (Lipinski definition) is 3. The van der Waals surface area contributed by atoms with E-state index in [0.29, 0.717) is 11.5 Å². The van der Waals surface area contributed by atoms with Gasteiger partial charge in [-0.05, 0) is 44.2 Å². The fourth-order valence-corrected chi connectivity index (χ4v) is 1.79. The van der Waals surface area contributed by atoms with Crippen molar-refractivity contribution in [2.45, 2.75) is 32.6 Å². The van der Waals surface area contributed by atoms with Crippen molar-refractivity contribution < 1.29 is 4.79 Å². The maximum Gasteiger partial charge on any atom is 0.207 e. The minimum atomic E-state index is 0.0696. The number of carbonyl (C=O) groups is 1. The number of aryl methyl sites for hydroxylation is 1. The summed E-state index contributed by atoms with van der Waals surface area (Å²) in [6, 6.07) is 1.69. The fourth-order valence-electron chi connectivity index (χ4n) is 1.79. The first-order chi connectivity index (χ1) is 7.27. The quantitative estimate of drug-likeness (QED) is 0.692. The normalized spacial score (nSPS) is 15.9. The van der Waals surface area contributed by atoms with E-state index in [1.165, 1.54) is 6.42 Å². The predicted molar refractivity (Wildman–Crippen MR) is 57.7 cm³/mol. The summed E-state index contributed by atoms with van der Waals surface area (Å²) in [6.45, 7) is 1.80. The molecule has 0 spiro atoms. The van der Waals surface area contributed by atoms with Gasteiger partial charge in [0.15, 0.2) is 0 Å². The smallest absolute Gasteiger partial charge is 0.207 e.